The van der Waals surface area contributed by atoms with E-state index in [1.807, 2.05) is 6.92 Å². The van der Waals surface area contributed by atoms with Gasteiger partial charge in [-0.2, -0.15) is 8.42 Å². The van der Waals surface area contributed by atoms with Gasteiger partial charge in [0.2, 0.25) is 0 Å². The monoisotopic (exact) mass is 296 g/mol. The Labute approximate surface area is 120 Å². The summed E-state index contributed by atoms with van der Waals surface area (Å²) in [6.07, 6.45) is 2.36. The molecule has 0 bridgehead atoms. The van der Waals surface area contributed by atoms with Crippen LogP contribution < -0.4 is 0 Å². The zero-order valence-corrected chi connectivity index (χ0v) is 12.7. The summed E-state index contributed by atoms with van der Waals surface area (Å²) < 4.78 is 29.6. The van der Waals surface area contributed by atoms with Crippen LogP contribution in [0.25, 0.3) is 0 Å². The van der Waals surface area contributed by atoms with Gasteiger partial charge in [-0.15, -0.1) is 0 Å². The van der Waals surface area contributed by atoms with E-state index in [0.29, 0.717) is 25.7 Å². The van der Waals surface area contributed by atoms with Crippen LogP contribution in [0.5, 0.6) is 0 Å². The molecule has 0 amide bonds. The van der Waals surface area contributed by atoms with Crippen molar-refractivity contribution in [3.8, 4) is 0 Å². The molecule has 1 aliphatic rings. The minimum absolute atomic E-state index is 0.0666. The molecule has 0 aromatic heterocycles. The topological polar surface area (TPSA) is 60.4 Å². The van der Waals surface area contributed by atoms with Crippen LogP contribution in [0, 0.1) is 12.8 Å². The molecule has 1 aromatic rings. The number of ketones is 1. The van der Waals surface area contributed by atoms with E-state index in [1.54, 1.807) is 31.2 Å². The number of carbonyl (C=O) groups is 1. The number of aryl methyl sites for hydroxylation is 1. The molecule has 0 spiro atoms. The maximum atomic E-state index is 12.1. The predicted molar refractivity (Wildman–Crippen MR) is 75.9 cm³/mol. The number of rotatable bonds is 4. The average molecular weight is 296 g/mol. The maximum absolute atomic E-state index is 12.1. The van der Waals surface area contributed by atoms with Crippen molar-refractivity contribution in [1.29, 1.82) is 0 Å². The summed E-state index contributed by atoms with van der Waals surface area (Å²) in [5.41, 5.74) is 1.01. The van der Waals surface area contributed by atoms with E-state index in [2.05, 4.69) is 0 Å². The molecular weight excluding hydrogens is 276 g/mol. The minimum Gasteiger partial charge on any atom is -0.300 e. The first-order valence-electron chi connectivity index (χ1n) is 6.89. The number of Topliss-reactive ketones (excluding diaryl/α,β-unsaturated/α-hetero) is 1. The van der Waals surface area contributed by atoms with Crippen molar-refractivity contribution in [2.45, 2.75) is 50.5 Å². The lowest BCUT2D eigenvalue weighted by Gasteiger charge is -2.26. The Bertz CT molecular complexity index is 566. The normalized spacial score (nSPS) is 23.5. The van der Waals surface area contributed by atoms with Gasteiger partial charge in [-0.1, -0.05) is 17.7 Å². The van der Waals surface area contributed by atoms with Crippen molar-refractivity contribution >= 4 is 15.9 Å². The van der Waals surface area contributed by atoms with Crippen molar-refractivity contribution < 1.29 is 17.4 Å². The second kappa shape index (κ2) is 6.06. The van der Waals surface area contributed by atoms with Crippen LogP contribution in [-0.2, 0) is 19.1 Å². The zero-order valence-electron chi connectivity index (χ0n) is 11.8. The highest BCUT2D eigenvalue weighted by Gasteiger charge is 2.28. The van der Waals surface area contributed by atoms with E-state index in [9.17, 15) is 13.2 Å². The van der Waals surface area contributed by atoms with Gasteiger partial charge in [0.15, 0.2) is 0 Å². The average Bonchev–Trinajstić information content (AvgIpc) is 2.39. The van der Waals surface area contributed by atoms with E-state index >= 15 is 0 Å². The maximum Gasteiger partial charge on any atom is 0.297 e. The SMILES string of the molecule is CC(=O)C1CCC(OS(=O)(=O)c2ccc(C)cc2)CC1. The van der Waals surface area contributed by atoms with Crippen LogP contribution in [0.3, 0.4) is 0 Å². The van der Waals surface area contributed by atoms with Crippen LogP contribution in [0.4, 0.5) is 0 Å². The Morgan fingerprint density at radius 1 is 1.10 bits per heavy atom. The quantitative estimate of drug-likeness (QED) is 0.802. The largest absolute Gasteiger partial charge is 0.300 e. The Hall–Kier alpha value is -1.20. The molecule has 20 heavy (non-hydrogen) atoms. The van der Waals surface area contributed by atoms with Crippen molar-refractivity contribution in [2.75, 3.05) is 0 Å². The number of hydrogen-bond acceptors (Lipinski definition) is 4. The fourth-order valence-corrected chi connectivity index (χ4v) is 3.64. The van der Waals surface area contributed by atoms with Crippen molar-refractivity contribution in [3.05, 3.63) is 29.8 Å². The third-order valence-corrected chi connectivity index (χ3v) is 5.20. The summed E-state index contributed by atoms with van der Waals surface area (Å²) in [6, 6.07) is 6.63. The van der Waals surface area contributed by atoms with Crippen LogP contribution in [0.2, 0.25) is 0 Å². The molecule has 1 fully saturated rings. The van der Waals surface area contributed by atoms with Gasteiger partial charge in [-0.3, -0.25) is 8.98 Å². The highest BCUT2D eigenvalue weighted by atomic mass is 32.2. The predicted octanol–water partition coefficient (Wildman–Crippen LogP) is 2.85. The first-order chi connectivity index (χ1) is 9.38. The number of benzene rings is 1. The summed E-state index contributed by atoms with van der Waals surface area (Å²) in [6.45, 7) is 3.50. The van der Waals surface area contributed by atoms with Gasteiger partial charge in [0.05, 0.1) is 11.0 Å². The Morgan fingerprint density at radius 2 is 1.65 bits per heavy atom. The molecule has 0 aliphatic heterocycles. The summed E-state index contributed by atoms with van der Waals surface area (Å²) in [5.74, 6) is 0.252. The first-order valence-corrected chi connectivity index (χ1v) is 8.30. The van der Waals surface area contributed by atoms with Crippen molar-refractivity contribution in [3.63, 3.8) is 0 Å². The second-order valence-corrected chi connectivity index (χ2v) is 7.02. The van der Waals surface area contributed by atoms with Gasteiger partial charge in [0.25, 0.3) is 10.1 Å². The molecule has 4 nitrogen and oxygen atoms in total. The molecule has 0 saturated heterocycles. The van der Waals surface area contributed by atoms with E-state index < -0.39 is 10.1 Å². The molecule has 0 heterocycles. The van der Waals surface area contributed by atoms with E-state index in [1.165, 1.54) is 0 Å². The molecule has 0 N–H and O–H groups in total. The molecule has 1 aromatic carbocycles. The van der Waals surface area contributed by atoms with Crippen molar-refractivity contribution in [2.24, 2.45) is 5.92 Å². The van der Waals surface area contributed by atoms with Crippen LogP contribution >= 0.6 is 0 Å². The summed E-state index contributed by atoms with van der Waals surface area (Å²) >= 11 is 0. The van der Waals surface area contributed by atoms with Crippen LogP contribution in [0.15, 0.2) is 29.2 Å². The molecule has 0 unspecified atom stereocenters. The van der Waals surface area contributed by atoms with Gasteiger partial charge in [-0.05, 0) is 51.7 Å². The fourth-order valence-electron chi connectivity index (χ4n) is 2.51. The van der Waals surface area contributed by atoms with Crippen molar-refractivity contribution in [1.82, 2.24) is 0 Å². The molecule has 110 valence electrons. The van der Waals surface area contributed by atoms with Crippen LogP contribution in [-0.4, -0.2) is 20.3 Å². The smallest absolute Gasteiger partial charge is 0.297 e. The zero-order chi connectivity index (χ0) is 14.8. The van der Waals surface area contributed by atoms with Gasteiger partial charge in [-0.25, -0.2) is 0 Å². The molecule has 0 atom stereocenters. The molecule has 5 heteroatoms. The van der Waals surface area contributed by atoms with E-state index in [4.69, 9.17) is 4.18 Å². The fraction of sp³-hybridized carbons (Fsp3) is 0.533. The third kappa shape index (κ3) is 3.67. The highest BCUT2D eigenvalue weighted by Crippen LogP contribution is 2.29. The summed E-state index contributed by atoms with van der Waals surface area (Å²) in [4.78, 5) is 11.5. The standard InChI is InChI=1S/C15H20O4S/c1-11-3-9-15(10-4-11)20(17,18)19-14-7-5-13(6-8-14)12(2)16/h3-4,9-10,13-14H,5-8H2,1-2H3. The molecule has 1 aliphatic carbocycles. The molecule has 2 rings (SSSR count). The minimum atomic E-state index is -3.70. The summed E-state index contributed by atoms with van der Waals surface area (Å²) in [5, 5.41) is 0. The van der Waals surface area contributed by atoms with Crippen LogP contribution in [0.1, 0.15) is 38.2 Å². The summed E-state index contributed by atoms with van der Waals surface area (Å²) in [7, 11) is -3.70. The van der Waals surface area contributed by atoms with Gasteiger partial charge in [0, 0.05) is 5.92 Å². The highest BCUT2D eigenvalue weighted by molar-refractivity contribution is 7.86. The first kappa shape index (κ1) is 15.2. The lowest BCUT2D eigenvalue weighted by molar-refractivity contribution is -0.122. The third-order valence-electron chi connectivity index (χ3n) is 3.82. The molecule has 0 radical (unpaired) electrons. The Balaban J connectivity index is 2.00. The Morgan fingerprint density at radius 3 is 2.15 bits per heavy atom. The van der Waals surface area contributed by atoms with E-state index in [-0.39, 0.29) is 22.7 Å². The second-order valence-electron chi connectivity index (χ2n) is 5.45. The van der Waals surface area contributed by atoms with Gasteiger partial charge >= 0.3 is 0 Å². The Kier molecular flexibility index (Phi) is 4.60. The lowest BCUT2D eigenvalue weighted by Crippen LogP contribution is -2.27. The molecular formula is C15H20O4S. The van der Waals surface area contributed by atoms with E-state index in [0.717, 1.165) is 5.56 Å². The molecule has 1 saturated carbocycles. The number of carbonyl (C=O) groups excluding carboxylic acids is 1. The lowest BCUT2D eigenvalue weighted by atomic mass is 9.85. The van der Waals surface area contributed by atoms with Gasteiger partial charge in [0.1, 0.15) is 5.78 Å². The van der Waals surface area contributed by atoms with Gasteiger partial charge < -0.3 is 0 Å². The number of hydrogen-bond donors (Lipinski definition) is 0.